The molecule has 4 nitrogen and oxygen atoms in total. The van der Waals surface area contributed by atoms with Crippen LogP contribution >= 0.6 is 11.3 Å². The van der Waals surface area contributed by atoms with E-state index in [1.165, 1.54) is 4.88 Å². The van der Waals surface area contributed by atoms with Crippen LogP contribution in [0.25, 0.3) is 21.3 Å². The highest BCUT2D eigenvalue weighted by Crippen LogP contribution is 2.24. The van der Waals surface area contributed by atoms with E-state index in [1.54, 1.807) is 22.2 Å². The van der Waals surface area contributed by atoms with E-state index in [9.17, 15) is 10.1 Å². The molecule has 0 unspecified atom stereocenters. The van der Waals surface area contributed by atoms with Gasteiger partial charge in [-0.2, -0.15) is 5.26 Å². The average molecular weight is 371 g/mol. The fraction of sp³-hybridized carbons (Fsp3) is 0.136. The zero-order valence-electron chi connectivity index (χ0n) is 14.8. The summed E-state index contributed by atoms with van der Waals surface area (Å²) < 4.78 is 1.65. The number of aryl methyl sites for hydroxylation is 1. The van der Waals surface area contributed by atoms with Gasteiger partial charge in [-0.1, -0.05) is 49.4 Å². The smallest absolute Gasteiger partial charge is 0.262 e. The van der Waals surface area contributed by atoms with Crippen molar-refractivity contribution in [3.8, 4) is 17.2 Å². The predicted octanol–water partition coefficient (Wildman–Crippen LogP) is 4.61. The van der Waals surface area contributed by atoms with Crippen molar-refractivity contribution < 1.29 is 0 Å². The van der Waals surface area contributed by atoms with Crippen LogP contribution in [0, 0.1) is 11.3 Å². The third-order valence-electron chi connectivity index (χ3n) is 4.58. The number of benzene rings is 2. The molecule has 0 spiro atoms. The minimum Gasteiger partial charge on any atom is -0.294 e. The van der Waals surface area contributed by atoms with Gasteiger partial charge in [0.25, 0.3) is 5.56 Å². The highest BCUT2D eigenvalue weighted by atomic mass is 32.1. The molecule has 0 bridgehead atoms. The second-order valence-electron chi connectivity index (χ2n) is 6.32. The number of aromatic nitrogens is 2. The molecule has 0 fully saturated rings. The Morgan fingerprint density at radius 2 is 1.93 bits per heavy atom. The first-order chi connectivity index (χ1) is 13.2. The van der Waals surface area contributed by atoms with E-state index in [1.807, 2.05) is 54.6 Å². The molecule has 4 aromatic rings. The second-order valence-corrected chi connectivity index (χ2v) is 7.43. The molecule has 5 heteroatoms. The maximum atomic E-state index is 12.7. The van der Waals surface area contributed by atoms with Crippen LogP contribution in [-0.2, 0) is 13.0 Å². The molecule has 2 aromatic carbocycles. The van der Waals surface area contributed by atoms with Crippen molar-refractivity contribution >= 4 is 21.6 Å². The zero-order chi connectivity index (χ0) is 18.8. The summed E-state index contributed by atoms with van der Waals surface area (Å²) in [5.41, 5.74) is 3.57. The van der Waals surface area contributed by atoms with E-state index in [4.69, 9.17) is 0 Å². The Morgan fingerprint density at radius 3 is 2.67 bits per heavy atom. The molecule has 0 radical (unpaired) electrons. The van der Waals surface area contributed by atoms with E-state index >= 15 is 0 Å². The monoisotopic (exact) mass is 371 g/mol. The predicted molar refractivity (Wildman–Crippen MR) is 109 cm³/mol. The summed E-state index contributed by atoms with van der Waals surface area (Å²) >= 11 is 1.58. The van der Waals surface area contributed by atoms with E-state index in [2.05, 4.69) is 18.0 Å². The Hall–Kier alpha value is -3.23. The SMILES string of the molecule is CCc1cc2c(=O)n(Cc3ccc(-c4ccccc4C#N)cc3)cnc2s1. The molecule has 2 aromatic heterocycles. The number of nitrogens with zero attached hydrogens (tertiary/aromatic N) is 3. The average Bonchev–Trinajstić information content (AvgIpc) is 3.15. The highest BCUT2D eigenvalue weighted by molar-refractivity contribution is 7.18. The van der Waals surface area contributed by atoms with Crippen molar-refractivity contribution in [1.82, 2.24) is 9.55 Å². The molecule has 0 saturated heterocycles. The van der Waals surface area contributed by atoms with Gasteiger partial charge >= 0.3 is 0 Å². The lowest BCUT2D eigenvalue weighted by Crippen LogP contribution is -2.20. The largest absolute Gasteiger partial charge is 0.294 e. The maximum Gasteiger partial charge on any atom is 0.262 e. The van der Waals surface area contributed by atoms with Gasteiger partial charge in [0, 0.05) is 4.88 Å². The van der Waals surface area contributed by atoms with Gasteiger partial charge in [-0.15, -0.1) is 11.3 Å². The third kappa shape index (κ3) is 3.27. The van der Waals surface area contributed by atoms with E-state index in [0.29, 0.717) is 17.5 Å². The Morgan fingerprint density at radius 1 is 1.15 bits per heavy atom. The van der Waals surface area contributed by atoms with Crippen molar-refractivity contribution in [3.05, 3.63) is 87.3 Å². The fourth-order valence-corrected chi connectivity index (χ4v) is 4.04. The van der Waals surface area contributed by atoms with Crippen LogP contribution in [0.4, 0.5) is 0 Å². The van der Waals surface area contributed by atoms with E-state index in [0.717, 1.165) is 27.9 Å². The van der Waals surface area contributed by atoms with Crippen LogP contribution in [0.5, 0.6) is 0 Å². The summed E-state index contributed by atoms with van der Waals surface area (Å²) in [6.45, 7) is 2.55. The first-order valence-electron chi connectivity index (χ1n) is 8.76. The molecule has 4 rings (SSSR count). The van der Waals surface area contributed by atoms with Gasteiger partial charge in [-0.25, -0.2) is 4.98 Å². The Balaban J connectivity index is 1.64. The first-order valence-corrected chi connectivity index (χ1v) is 9.57. The lowest BCUT2D eigenvalue weighted by Gasteiger charge is -2.08. The normalized spacial score (nSPS) is 10.8. The summed E-state index contributed by atoms with van der Waals surface area (Å²) in [5, 5.41) is 9.97. The van der Waals surface area contributed by atoms with Crippen LogP contribution in [-0.4, -0.2) is 9.55 Å². The van der Waals surface area contributed by atoms with Gasteiger partial charge in [0.1, 0.15) is 4.83 Å². The van der Waals surface area contributed by atoms with Crippen LogP contribution in [0.3, 0.4) is 0 Å². The molecule has 2 heterocycles. The van der Waals surface area contributed by atoms with E-state index in [-0.39, 0.29) is 5.56 Å². The molecule has 0 aliphatic heterocycles. The zero-order valence-corrected chi connectivity index (χ0v) is 15.7. The van der Waals surface area contributed by atoms with Gasteiger partial charge in [0.2, 0.25) is 0 Å². The van der Waals surface area contributed by atoms with Crippen LogP contribution < -0.4 is 5.56 Å². The summed E-state index contributed by atoms with van der Waals surface area (Å²) in [6, 6.07) is 19.7. The van der Waals surface area contributed by atoms with Crippen LogP contribution in [0.2, 0.25) is 0 Å². The molecule has 0 atom stereocenters. The third-order valence-corrected chi connectivity index (χ3v) is 5.77. The first kappa shape index (κ1) is 17.2. The molecular formula is C22H17N3OS. The Labute approximate surface area is 161 Å². The summed E-state index contributed by atoms with van der Waals surface area (Å²) in [7, 11) is 0. The Bertz CT molecular complexity index is 1210. The molecule has 0 aliphatic rings. The van der Waals surface area contributed by atoms with Gasteiger partial charge < -0.3 is 0 Å². The molecular weight excluding hydrogens is 354 g/mol. The topological polar surface area (TPSA) is 58.7 Å². The van der Waals surface area contributed by atoms with Gasteiger partial charge in [-0.3, -0.25) is 9.36 Å². The summed E-state index contributed by atoms with van der Waals surface area (Å²) in [6.07, 6.45) is 2.53. The quantitative estimate of drug-likeness (QED) is 0.526. The van der Waals surface area contributed by atoms with Crippen molar-refractivity contribution in [3.63, 3.8) is 0 Å². The molecule has 132 valence electrons. The molecule has 0 aliphatic carbocycles. The number of hydrogen-bond donors (Lipinski definition) is 0. The maximum absolute atomic E-state index is 12.7. The van der Waals surface area contributed by atoms with Crippen molar-refractivity contribution in [2.45, 2.75) is 19.9 Å². The molecule has 0 amide bonds. The molecule has 27 heavy (non-hydrogen) atoms. The minimum atomic E-state index is -0.00477. The number of rotatable bonds is 4. The Kier molecular flexibility index (Phi) is 4.57. The van der Waals surface area contributed by atoms with Gasteiger partial charge in [0.15, 0.2) is 0 Å². The van der Waals surface area contributed by atoms with Gasteiger partial charge in [0.05, 0.1) is 29.9 Å². The van der Waals surface area contributed by atoms with Crippen molar-refractivity contribution in [2.24, 2.45) is 0 Å². The second kappa shape index (κ2) is 7.18. The van der Waals surface area contributed by atoms with E-state index < -0.39 is 0 Å². The number of fused-ring (bicyclic) bond motifs is 1. The van der Waals surface area contributed by atoms with Gasteiger partial charge in [-0.05, 0) is 35.2 Å². The molecule has 0 saturated carbocycles. The van der Waals surface area contributed by atoms with Crippen molar-refractivity contribution in [1.29, 1.82) is 5.26 Å². The molecule has 0 N–H and O–H groups in total. The number of thiophene rings is 1. The summed E-state index contributed by atoms with van der Waals surface area (Å²) in [5.74, 6) is 0. The number of nitriles is 1. The van der Waals surface area contributed by atoms with Crippen LogP contribution in [0.15, 0.2) is 65.7 Å². The minimum absolute atomic E-state index is 0.00477. The fourth-order valence-electron chi connectivity index (χ4n) is 3.12. The standard InChI is InChI=1S/C22H17N3OS/c1-2-18-11-20-21(27-18)24-14-25(22(20)26)13-15-7-9-16(10-8-15)19-6-4-3-5-17(19)12-23/h3-11,14H,2,13H2,1H3. The summed E-state index contributed by atoms with van der Waals surface area (Å²) in [4.78, 5) is 19.1. The van der Waals surface area contributed by atoms with Crippen molar-refractivity contribution in [2.75, 3.05) is 0 Å². The lowest BCUT2D eigenvalue weighted by molar-refractivity contribution is 0.749. The van der Waals surface area contributed by atoms with Crippen LogP contribution in [0.1, 0.15) is 22.9 Å². The highest BCUT2D eigenvalue weighted by Gasteiger charge is 2.09. The number of hydrogen-bond acceptors (Lipinski definition) is 4. The lowest BCUT2D eigenvalue weighted by atomic mass is 9.99.